The van der Waals surface area contributed by atoms with E-state index in [0.717, 1.165) is 45.6 Å². The third-order valence-corrected chi connectivity index (χ3v) is 4.83. The maximum absolute atomic E-state index is 11.9. The topological polar surface area (TPSA) is 61.4 Å². The third-order valence-electron chi connectivity index (χ3n) is 3.32. The molecular weight excluding hydrogens is 250 g/mol. The van der Waals surface area contributed by atoms with Gasteiger partial charge in [0.2, 0.25) is 10.0 Å². The molecular formula is C12H27N3O2S. The Morgan fingerprint density at radius 3 is 2.78 bits per heavy atom. The minimum Gasteiger partial charge on any atom is -0.317 e. The quantitative estimate of drug-likeness (QED) is 0.630. The molecule has 5 nitrogen and oxygen atoms in total. The molecule has 1 aliphatic heterocycles. The number of piperidine rings is 1. The van der Waals surface area contributed by atoms with Crippen LogP contribution in [0.3, 0.4) is 0 Å². The van der Waals surface area contributed by atoms with E-state index in [1.54, 1.807) is 0 Å². The molecule has 18 heavy (non-hydrogen) atoms. The molecule has 1 rings (SSSR count). The Balaban J connectivity index is 2.30. The van der Waals surface area contributed by atoms with E-state index in [1.165, 1.54) is 0 Å². The van der Waals surface area contributed by atoms with E-state index in [0.29, 0.717) is 6.42 Å². The highest BCUT2D eigenvalue weighted by atomic mass is 32.2. The zero-order chi connectivity index (χ0) is 13.4. The second-order valence-corrected chi connectivity index (χ2v) is 6.75. The van der Waals surface area contributed by atoms with Gasteiger partial charge in [0, 0.05) is 12.6 Å². The van der Waals surface area contributed by atoms with Crippen molar-refractivity contribution in [1.29, 1.82) is 0 Å². The van der Waals surface area contributed by atoms with Crippen molar-refractivity contribution < 1.29 is 8.42 Å². The minimum atomic E-state index is -3.11. The summed E-state index contributed by atoms with van der Waals surface area (Å²) in [6.45, 7) is 8.74. The van der Waals surface area contributed by atoms with E-state index in [4.69, 9.17) is 0 Å². The lowest BCUT2D eigenvalue weighted by Crippen LogP contribution is -2.48. The molecule has 0 amide bonds. The van der Waals surface area contributed by atoms with Crippen LogP contribution in [0.4, 0.5) is 0 Å². The molecule has 1 saturated heterocycles. The van der Waals surface area contributed by atoms with Gasteiger partial charge in [0.1, 0.15) is 0 Å². The molecule has 0 aromatic rings. The summed E-state index contributed by atoms with van der Waals surface area (Å²) in [6.07, 6.45) is 2.72. The highest BCUT2D eigenvalue weighted by molar-refractivity contribution is 7.89. The van der Waals surface area contributed by atoms with Gasteiger partial charge in [0.05, 0.1) is 5.75 Å². The van der Waals surface area contributed by atoms with Gasteiger partial charge in [-0.05, 0) is 45.4 Å². The van der Waals surface area contributed by atoms with Crippen molar-refractivity contribution in [3.05, 3.63) is 0 Å². The van der Waals surface area contributed by atoms with Crippen LogP contribution < -0.4 is 10.0 Å². The number of nitrogens with one attached hydrogen (secondary N) is 2. The van der Waals surface area contributed by atoms with Gasteiger partial charge in [-0.15, -0.1) is 0 Å². The Bertz CT molecular complexity index is 319. The Hall–Kier alpha value is -0.170. The van der Waals surface area contributed by atoms with Gasteiger partial charge in [-0.1, -0.05) is 13.8 Å². The fraction of sp³-hybridized carbons (Fsp3) is 1.00. The first-order valence-corrected chi connectivity index (χ1v) is 8.65. The van der Waals surface area contributed by atoms with Crippen LogP contribution in [-0.2, 0) is 10.0 Å². The molecule has 2 N–H and O–H groups in total. The number of rotatable bonds is 8. The molecule has 0 radical (unpaired) electrons. The summed E-state index contributed by atoms with van der Waals surface area (Å²) < 4.78 is 26.6. The molecule has 108 valence electrons. The lowest BCUT2D eigenvalue weighted by Gasteiger charge is -2.32. The fourth-order valence-corrected chi connectivity index (χ4v) is 3.66. The second kappa shape index (κ2) is 8.09. The monoisotopic (exact) mass is 277 g/mol. The number of sulfonamides is 1. The first-order valence-electron chi connectivity index (χ1n) is 7.00. The summed E-state index contributed by atoms with van der Waals surface area (Å²) in [5, 5.41) is 3.14. The van der Waals surface area contributed by atoms with Crippen LogP contribution in [0.25, 0.3) is 0 Å². The maximum atomic E-state index is 11.9. The van der Waals surface area contributed by atoms with Gasteiger partial charge >= 0.3 is 0 Å². The average molecular weight is 277 g/mol. The molecule has 1 fully saturated rings. The number of hydrogen-bond acceptors (Lipinski definition) is 4. The summed E-state index contributed by atoms with van der Waals surface area (Å²) in [5.74, 6) is 0.225. The predicted molar refractivity (Wildman–Crippen MR) is 75.2 cm³/mol. The molecule has 0 aliphatic carbocycles. The Labute approximate surface area is 111 Å². The molecule has 1 aliphatic rings. The summed E-state index contributed by atoms with van der Waals surface area (Å²) in [5.41, 5.74) is 0. The van der Waals surface area contributed by atoms with Crippen LogP contribution in [0, 0.1) is 0 Å². The van der Waals surface area contributed by atoms with Crippen LogP contribution in [0.1, 0.15) is 33.1 Å². The van der Waals surface area contributed by atoms with E-state index in [-0.39, 0.29) is 11.8 Å². The standard InChI is InChI=1S/C12H27N3O2S/c1-3-13-8-6-10-18(16,17)14-12-7-5-9-15(4-2)11-12/h12-14H,3-11H2,1-2H3. The second-order valence-electron chi connectivity index (χ2n) is 4.88. The summed E-state index contributed by atoms with van der Waals surface area (Å²) in [7, 11) is -3.11. The Morgan fingerprint density at radius 1 is 1.33 bits per heavy atom. The van der Waals surface area contributed by atoms with Crippen molar-refractivity contribution in [2.24, 2.45) is 0 Å². The largest absolute Gasteiger partial charge is 0.317 e. The zero-order valence-electron chi connectivity index (χ0n) is 11.6. The Morgan fingerprint density at radius 2 is 2.11 bits per heavy atom. The number of nitrogens with zero attached hydrogens (tertiary/aromatic N) is 1. The lowest BCUT2D eigenvalue weighted by molar-refractivity contribution is 0.211. The van der Waals surface area contributed by atoms with Crippen LogP contribution in [0.2, 0.25) is 0 Å². The maximum Gasteiger partial charge on any atom is 0.211 e. The van der Waals surface area contributed by atoms with Gasteiger partial charge in [0.15, 0.2) is 0 Å². The number of hydrogen-bond donors (Lipinski definition) is 2. The molecule has 0 bridgehead atoms. The van der Waals surface area contributed by atoms with Crippen LogP contribution in [0.15, 0.2) is 0 Å². The molecule has 1 unspecified atom stereocenters. The van der Waals surface area contributed by atoms with E-state index in [2.05, 4.69) is 21.9 Å². The highest BCUT2D eigenvalue weighted by Crippen LogP contribution is 2.10. The molecule has 0 aromatic heterocycles. The first-order chi connectivity index (χ1) is 8.57. The summed E-state index contributed by atoms with van der Waals surface area (Å²) in [6, 6.07) is 0.0998. The van der Waals surface area contributed by atoms with Gasteiger partial charge < -0.3 is 10.2 Å². The van der Waals surface area contributed by atoms with Crippen molar-refractivity contribution in [2.75, 3.05) is 38.5 Å². The van der Waals surface area contributed by atoms with Crippen molar-refractivity contribution in [2.45, 2.75) is 39.2 Å². The van der Waals surface area contributed by atoms with E-state index >= 15 is 0 Å². The van der Waals surface area contributed by atoms with E-state index in [9.17, 15) is 8.42 Å². The summed E-state index contributed by atoms with van der Waals surface area (Å²) in [4.78, 5) is 2.30. The molecule has 1 atom stereocenters. The van der Waals surface area contributed by atoms with Gasteiger partial charge in [-0.2, -0.15) is 0 Å². The lowest BCUT2D eigenvalue weighted by atomic mass is 10.1. The first kappa shape index (κ1) is 15.9. The smallest absolute Gasteiger partial charge is 0.211 e. The SMILES string of the molecule is CCNCCCS(=O)(=O)NC1CCCN(CC)C1. The van der Waals surface area contributed by atoms with Crippen LogP contribution in [0.5, 0.6) is 0 Å². The third kappa shape index (κ3) is 6.13. The molecule has 0 aromatic carbocycles. The normalized spacial score (nSPS) is 22.2. The highest BCUT2D eigenvalue weighted by Gasteiger charge is 2.22. The minimum absolute atomic E-state index is 0.0998. The Kier molecular flexibility index (Phi) is 7.14. The molecule has 1 heterocycles. The van der Waals surface area contributed by atoms with Crippen LogP contribution in [-0.4, -0.2) is 57.8 Å². The zero-order valence-corrected chi connectivity index (χ0v) is 12.4. The molecule has 0 saturated carbocycles. The van der Waals surface area contributed by atoms with E-state index < -0.39 is 10.0 Å². The van der Waals surface area contributed by atoms with E-state index in [1.807, 2.05) is 6.92 Å². The average Bonchev–Trinajstić information content (AvgIpc) is 2.34. The van der Waals surface area contributed by atoms with Gasteiger partial charge in [-0.3, -0.25) is 0 Å². The fourth-order valence-electron chi connectivity index (χ4n) is 2.32. The number of likely N-dealkylation sites (tertiary alicyclic amines) is 1. The van der Waals surface area contributed by atoms with Crippen molar-refractivity contribution in [3.8, 4) is 0 Å². The van der Waals surface area contributed by atoms with Crippen molar-refractivity contribution >= 4 is 10.0 Å². The van der Waals surface area contributed by atoms with Gasteiger partial charge in [-0.25, -0.2) is 13.1 Å². The van der Waals surface area contributed by atoms with Crippen LogP contribution >= 0.6 is 0 Å². The van der Waals surface area contributed by atoms with Gasteiger partial charge in [0.25, 0.3) is 0 Å². The van der Waals surface area contributed by atoms with Crippen molar-refractivity contribution in [3.63, 3.8) is 0 Å². The van der Waals surface area contributed by atoms with Crippen molar-refractivity contribution in [1.82, 2.24) is 14.9 Å². The number of likely N-dealkylation sites (N-methyl/N-ethyl adjacent to an activating group) is 1. The summed E-state index contributed by atoms with van der Waals surface area (Å²) >= 11 is 0. The molecule has 6 heteroatoms. The predicted octanol–water partition coefficient (Wildman–Crippen LogP) is 0.390. The molecule has 0 spiro atoms.